The van der Waals surface area contributed by atoms with Gasteiger partial charge in [0.25, 0.3) is 0 Å². The smallest absolute Gasteiger partial charge is 0.158 e. The Hall–Kier alpha value is -1.75. The maximum atomic E-state index is 13.6. The Bertz CT molecular complexity index is 519. The molecule has 1 heterocycles. The molecule has 0 atom stereocenters. The molecule has 4 nitrogen and oxygen atoms in total. The van der Waals surface area contributed by atoms with Crippen LogP contribution in [0.15, 0.2) is 24.5 Å². The minimum absolute atomic E-state index is 0.185. The number of halogens is 1. The summed E-state index contributed by atoms with van der Waals surface area (Å²) < 4.78 is 15.4. The summed E-state index contributed by atoms with van der Waals surface area (Å²) >= 11 is 0. The fourth-order valence-electron chi connectivity index (χ4n) is 1.69. The van der Waals surface area contributed by atoms with Crippen molar-refractivity contribution in [2.24, 2.45) is 5.73 Å². The molecular weight excluding hydrogens is 219 g/mol. The molecular formula is C12H15FN4. The van der Waals surface area contributed by atoms with Gasteiger partial charge >= 0.3 is 0 Å². The van der Waals surface area contributed by atoms with E-state index in [2.05, 4.69) is 10.1 Å². The van der Waals surface area contributed by atoms with Gasteiger partial charge in [-0.1, -0.05) is 12.1 Å². The zero-order chi connectivity index (χ0) is 12.4. The second-order valence-corrected chi connectivity index (χ2v) is 4.13. The van der Waals surface area contributed by atoms with Crippen molar-refractivity contribution in [3.8, 4) is 11.4 Å². The SMILES string of the molecule is CC(C)n1ncnc1-c1ccc(CN)c(F)c1. The number of rotatable bonds is 3. The third-order valence-electron chi connectivity index (χ3n) is 2.59. The van der Waals surface area contributed by atoms with E-state index in [9.17, 15) is 4.39 Å². The van der Waals surface area contributed by atoms with Gasteiger partial charge in [-0.05, 0) is 19.9 Å². The summed E-state index contributed by atoms with van der Waals surface area (Å²) in [4.78, 5) is 4.16. The van der Waals surface area contributed by atoms with E-state index in [1.165, 1.54) is 12.4 Å². The molecule has 0 unspecified atom stereocenters. The number of hydrogen-bond acceptors (Lipinski definition) is 3. The molecule has 2 N–H and O–H groups in total. The van der Waals surface area contributed by atoms with Gasteiger partial charge in [-0.15, -0.1) is 0 Å². The standard InChI is InChI=1S/C12H15FN4/c1-8(2)17-12(15-7-16-17)9-3-4-10(6-14)11(13)5-9/h3-5,7-8H,6,14H2,1-2H3. The lowest BCUT2D eigenvalue weighted by Crippen LogP contribution is -2.06. The number of nitrogens with zero attached hydrogens (tertiary/aromatic N) is 3. The third kappa shape index (κ3) is 2.19. The maximum Gasteiger partial charge on any atom is 0.158 e. The molecule has 1 aromatic carbocycles. The van der Waals surface area contributed by atoms with Gasteiger partial charge in [0.15, 0.2) is 5.82 Å². The largest absolute Gasteiger partial charge is 0.326 e. The first kappa shape index (κ1) is 11.7. The number of nitrogens with two attached hydrogens (primary N) is 1. The summed E-state index contributed by atoms with van der Waals surface area (Å²) in [6.45, 7) is 4.20. The monoisotopic (exact) mass is 234 g/mol. The number of aromatic nitrogens is 3. The van der Waals surface area contributed by atoms with Gasteiger partial charge in [0.05, 0.1) is 0 Å². The first-order chi connectivity index (χ1) is 8.13. The van der Waals surface area contributed by atoms with E-state index in [4.69, 9.17) is 5.73 Å². The van der Waals surface area contributed by atoms with Crippen LogP contribution in [0.4, 0.5) is 4.39 Å². The molecule has 0 saturated heterocycles. The average molecular weight is 234 g/mol. The molecule has 0 saturated carbocycles. The van der Waals surface area contributed by atoms with E-state index in [1.807, 2.05) is 19.9 Å². The molecule has 0 amide bonds. The van der Waals surface area contributed by atoms with E-state index < -0.39 is 0 Å². The van der Waals surface area contributed by atoms with Crippen LogP contribution in [0.25, 0.3) is 11.4 Å². The topological polar surface area (TPSA) is 56.7 Å². The van der Waals surface area contributed by atoms with Crippen LogP contribution in [0, 0.1) is 5.82 Å². The van der Waals surface area contributed by atoms with Crippen molar-refractivity contribution in [3.05, 3.63) is 35.9 Å². The third-order valence-corrected chi connectivity index (χ3v) is 2.59. The minimum Gasteiger partial charge on any atom is -0.326 e. The molecule has 90 valence electrons. The Morgan fingerprint density at radius 2 is 2.18 bits per heavy atom. The summed E-state index contributed by atoms with van der Waals surface area (Å²) in [5, 5.41) is 4.12. The summed E-state index contributed by atoms with van der Waals surface area (Å²) in [5.41, 5.74) is 6.64. The highest BCUT2D eigenvalue weighted by Crippen LogP contribution is 2.21. The normalized spacial score (nSPS) is 11.1. The molecule has 0 spiro atoms. The van der Waals surface area contributed by atoms with Gasteiger partial charge in [0.2, 0.25) is 0 Å². The molecule has 1 aromatic heterocycles. The molecule has 2 aromatic rings. The van der Waals surface area contributed by atoms with Crippen molar-refractivity contribution in [1.82, 2.24) is 14.8 Å². The first-order valence-corrected chi connectivity index (χ1v) is 5.52. The van der Waals surface area contributed by atoms with Crippen LogP contribution in [-0.4, -0.2) is 14.8 Å². The average Bonchev–Trinajstić information content (AvgIpc) is 2.77. The van der Waals surface area contributed by atoms with Crippen molar-refractivity contribution in [3.63, 3.8) is 0 Å². The van der Waals surface area contributed by atoms with E-state index in [0.29, 0.717) is 17.0 Å². The summed E-state index contributed by atoms with van der Waals surface area (Å²) in [6, 6.07) is 5.13. The Kier molecular flexibility index (Phi) is 3.19. The molecule has 0 bridgehead atoms. The van der Waals surface area contributed by atoms with E-state index in [-0.39, 0.29) is 18.4 Å². The number of benzene rings is 1. The molecule has 0 radical (unpaired) electrons. The highest BCUT2D eigenvalue weighted by Gasteiger charge is 2.11. The van der Waals surface area contributed by atoms with Gasteiger partial charge in [-0.3, -0.25) is 0 Å². The molecule has 0 fully saturated rings. The molecule has 0 aliphatic carbocycles. The lowest BCUT2D eigenvalue weighted by Gasteiger charge is -2.10. The molecule has 2 rings (SSSR count). The van der Waals surface area contributed by atoms with Gasteiger partial charge in [0.1, 0.15) is 12.1 Å². The molecule has 0 aliphatic rings. The summed E-state index contributed by atoms with van der Waals surface area (Å²) in [5.74, 6) is 0.366. The van der Waals surface area contributed by atoms with E-state index in [1.54, 1.807) is 10.7 Å². The minimum atomic E-state index is -0.302. The molecule has 17 heavy (non-hydrogen) atoms. The van der Waals surface area contributed by atoms with Crippen LogP contribution < -0.4 is 5.73 Å². The highest BCUT2D eigenvalue weighted by molar-refractivity contribution is 5.55. The van der Waals surface area contributed by atoms with Crippen LogP contribution in [0.5, 0.6) is 0 Å². The Balaban J connectivity index is 2.46. The van der Waals surface area contributed by atoms with E-state index in [0.717, 1.165) is 0 Å². The van der Waals surface area contributed by atoms with Crippen LogP contribution in [-0.2, 0) is 6.54 Å². The zero-order valence-electron chi connectivity index (χ0n) is 9.89. The van der Waals surface area contributed by atoms with Crippen molar-refractivity contribution in [2.75, 3.05) is 0 Å². The van der Waals surface area contributed by atoms with Gasteiger partial charge in [-0.2, -0.15) is 5.10 Å². The first-order valence-electron chi connectivity index (χ1n) is 5.52. The van der Waals surface area contributed by atoms with E-state index >= 15 is 0 Å². The van der Waals surface area contributed by atoms with Crippen molar-refractivity contribution in [1.29, 1.82) is 0 Å². The fraction of sp³-hybridized carbons (Fsp3) is 0.333. The van der Waals surface area contributed by atoms with Crippen LogP contribution in [0.3, 0.4) is 0 Å². The fourth-order valence-corrected chi connectivity index (χ4v) is 1.69. The van der Waals surface area contributed by atoms with Gasteiger partial charge in [-0.25, -0.2) is 14.1 Å². The molecule has 5 heteroatoms. The lowest BCUT2D eigenvalue weighted by molar-refractivity contribution is 0.537. The maximum absolute atomic E-state index is 13.6. The predicted molar refractivity (Wildman–Crippen MR) is 63.7 cm³/mol. The van der Waals surface area contributed by atoms with Crippen LogP contribution in [0.2, 0.25) is 0 Å². The summed E-state index contributed by atoms with van der Waals surface area (Å²) in [7, 11) is 0. The second-order valence-electron chi connectivity index (χ2n) is 4.13. The zero-order valence-corrected chi connectivity index (χ0v) is 9.89. The van der Waals surface area contributed by atoms with Crippen molar-refractivity contribution >= 4 is 0 Å². The van der Waals surface area contributed by atoms with Crippen LogP contribution >= 0.6 is 0 Å². The van der Waals surface area contributed by atoms with Gasteiger partial charge in [0, 0.05) is 23.7 Å². The van der Waals surface area contributed by atoms with Crippen molar-refractivity contribution < 1.29 is 4.39 Å². The van der Waals surface area contributed by atoms with Crippen molar-refractivity contribution in [2.45, 2.75) is 26.4 Å². The lowest BCUT2D eigenvalue weighted by atomic mass is 10.1. The highest BCUT2D eigenvalue weighted by atomic mass is 19.1. The Morgan fingerprint density at radius 1 is 1.41 bits per heavy atom. The Labute approximate surface area is 99.3 Å². The summed E-state index contributed by atoms with van der Waals surface area (Å²) in [6.07, 6.45) is 1.48. The number of hydrogen-bond donors (Lipinski definition) is 1. The second kappa shape index (κ2) is 4.63. The quantitative estimate of drug-likeness (QED) is 0.885. The Morgan fingerprint density at radius 3 is 2.76 bits per heavy atom. The molecule has 0 aliphatic heterocycles. The van der Waals surface area contributed by atoms with Crippen LogP contribution in [0.1, 0.15) is 25.5 Å². The van der Waals surface area contributed by atoms with Gasteiger partial charge < -0.3 is 5.73 Å². The predicted octanol–water partition coefficient (Wildman–Crippen LogP) is 2.12.